The molecule has 0 spiro atoms. The van der Waals surface area contributed by atoms with Crippen LogP contribution in [0.5, 0.6) is 0 Å². The number of alkyl halides is 3. The van der Waals surface area contributed by atoms with Gasteiger partial charge >= 0.3 is 6.18 Å². The Labute approximate surface area is 159 Å². The third kappa shape index (κ3) is 4.17. The van der Waals surface area contributed by atoms with Crippen LogP contribution >= 0.6 is 0 Å². The van der Waals surface area contributed by atoms with E-state index >= 15 is 0 Å². The number of nitrogens with zero attached hydrogens (tertiary/aromatic N) is 2. The van der Waals surface area contributed by atoms with Crippen molar-refractivity contribution in [3.8, 4) is 0 Å². The van der Waals surface area contributed by atoms with Crippen LogP contribution in [0.25, 0.3) is 0 Å². The van der Waals surface area contributed by atoms with E-state index in [9.17, 15) is 31.7 Å². The van der Waals surface area contributed by atoms with Crippen molar-refractivity contribution in [1.82, 2.24) is 4.31 Å². The van der Waals surface area contributed by atoms with Gasteiger partial charge in [-0.2, -0.15) is 17.5 Å². The molecule has 3 rings (SSSR count). The molecule has 0 amide bonds. The highest BCUT2D eigenvalue weighted by atomic mass is 32.2. The summed E-state index contributed by atoms with van der Waals surface area (Å²) in [5.74, 6) is 0. The summed E-state index contributed by atoms with van der Waals surface area (Å²) in [7, 11) is -4.05. The zero-order valence-corrected chi connectivity index (χ0v) is 15.6. The SMILES string of the molecule is Cc1ccc([N+](=O)[O-])cc1S(=O)(=O)N(Cc1ccc(C(F)(F)F)cc1)C1CC1. The summed E-state index contributed by atoms with van der Waals surface area (Å²) in [6.45, 7) is 1.44. The molecule has 28 heavy (non-hydrogen) atoms. The van der Waals surface area contributed by atoms with E-state index in [2.05, 4.69) is 0 Å². The van der Waals surface area contributed by atoms with Gasteiger partial charge in [-0.25, -0.2) is 8.42 Å². The lowest BCUT2D eigenvalue weighted by molar-refractivity contribution is -0.385. The van der Waals surface area contributed by atoms with Crippen molar-refractivity contribution in [2.24, 2.45) is 0 Å². The Morgan fingerprint density at radius 1 is 1.14 bits per heavy atom. The number of nitro benzene ring substituents is 1. The molecule has 6 nitrogen and oxygen atoms in total. The number of sulfonamides is 1. The van der Waals surface area contributed by atoms with Gasteiger partial charge in [0.15, 0.2) is 0 Å². The van der Waals surface area contributed by atoms with Gasteiger partial charge in [-0.05, 0) is 43.0 Å². The van der Waals surface area contributed by atoms with Gasteiger partial charge in [-0.15, -0.1) is 0 Å². The first-order valence-corrected chi connectivity index (χ1v) is 9.87. The van der Waals surface area contributed by atoms with Crippen molar-refractivity contribution in [2.45, 2.75) is 43.4 Å². The Morgan fingerprint density at radius 3 is 2.25 bits per heavy atom. The number of non-ortho nitro benzene ring substituents is 1. The van der Waals surface area contributed by atoms with Gasteiger partial charge in [-0.1, -0.05) is 18.2 Å². The van der Waals surface area contributed by atoms with Gasteiger partial charge in [0.05, 0.1) is 15.4 Å². The van der Waals surface area contributed by atoms with Crippen molar-refractivity contribution in [2.75, 3.05) is 0 Å². The quantitative estimate of drug-likeness (QED) is 0.522. The molecular formula is C18H17F3N2O4S. The molecular weight excluding hydrogens is 397 g/mol. The van der Waals surface area contributed by atoms with Crippen LogP contribution in [0.15, 0.2) is 47.4 Å². The van der Waals surface area contributed by atoms with Crippen LogP contribution in [-0.2, 0) is 22.7 Å². The molecule has 1 aliphatic rings. The molecule has 10 heteroatoms. The highest BCUT2D eigenvalue weighted by molar-refractivity contribution is 7.89. The third-order valence-corrected chi connectivity index (χ3v) is 6.58. The van der Waals surface area contributed by atoms with Gasteiger partial charge in [0.1, 0.15) is 0 Å². The summed E-state index contributed by atoms with van der Waals surface area (Å²) < 4.78 is 65.7. The number of aryl methyl sites for hydroxylation is 1. The van der Waals surface area contributed by atoms with Crippen LogP contribution in [-0.4, -0.2) is 23.7 Å². The summed E-state index contributed by atoms with van der Waals surface area (Å²) in [5.41, 5.74) is -0.378. The van der Waals surface area contributed by atoms with Crippen LogP contribution in [0.1, 0.15) is 29.5 Å². The van der Waals surface area contributed by atoms with Crippen molar-refractivity contribution >= 4 is 15.7 Å². The Balaban J connectivity index is 1.94. The van der Waals surface area contributed by atoms with Crippen molar-refractivity contribution in [3.05, 3.63) is 69.3 Å². The lowest BCUT2D eigenvalue weighted by Crippen LogP contribution is -2.33. The van der Waals surface area contributed by atoms with E-state index in [1.54, 1.807) is 6.92 Å². The number of rotatable bonds is 6. The number of hydrogen-bond acceptors (Lipinski definition) is 4. The minimum atomic E-state index is -4.47. The van der Waals surface area contributed by atoms with Gasteiger partial charge in [0.2, 0.25) is 10.0 Å². The average Bonchev–Trinajstić information content (AvgIpc) is 3.44. The zero-order chi connectivity index (χ0) is 20.7. The zero-order valence-electron chi connectivity index (χ0n) is 14.8. The van der Waals surface area contributed by atoms with E-state index < -0.39 is 26.7 Å². The lowest BCUT2D eigenvalue weighted by atomic mass is 10.1. The molecule has 0 atom stereocenters. The van der Waals surface area contributed by atoms with Crippen LogP contribution in [0, 0.1) is 17.0 Å². The van der Waals surface area contributed by atoms with Gasteiger partial charge in [-0.3, -0.25) is 10.1 Å². The summed E-state index contributed by atoms with van der Waals surface area (Å²) in [6.07, 6.45) is -3.21. The number of benzene rings is 2. The largest absolute Gasteiger partial charge is 0.416 e. The lowest BCUT2D eigenvalue weighted by Gasteiger charge is -2.23. The van der Waals surface area contributed by atoms with Crippen molar-refractivity contribution in [3.63, 3.8) is 0 Å². The number of hydrogen-bond donors (Lipinski definition) is 0. The third-order valence-electron chi connectivity index (χ3n) is 4.54. The van der Waals surface area contributed by atoms with E-state index in [1.807, 2.05) is 0 Å². The second-order valence-corrected chi connectivity index (χ2v) is 8.54. The molecule has 0 aliphatic heterocycles. The Bertz CT molecular complexity index is 1000. The molecule has 150 valence electrons. The Morgan fingerprint density at radius 2 is 1.75 bits per heavy atom. The fraction of sp³-hybridized carbons (Fsp3) is 0.333. The van der Waals surface area contributed by atoms with Crippen LogP contribution in [0.2, 0.25) is 0 Å². The normalized spacial score (nSPS) is 15.0. The maximum absolute atomic E-state index is 13.2. The predicted molar refractivity (Wildman–Crippen MR) is 95.0 cm³/mol. The molecule has 0 radical (unpaired) electrons. The summed E-state index contributed by atoms with van der Waals surface area (Å²) in [5, 5.41) is 11.0. The predicted octanol–water partition coefficient (Wildman–Crippen LogP) is 4.28. The van der Waals surface area contributed by atoms with E-state index in [1.165, 1.54) is 28.6 Å². The van der Waals surface area contributed by atoms with Gasteiger partial charge < -0.3 is 0 Å². The molecule has 0 bridgehead atoms. The molecule has 1 fully saturated rings. The Kier molecular flexibility index (Phi) is 5.20. The molecule has 0 N–H and O–H groups in total. The maximum Gasteiger partial charge on any atom is 0.416 e. The fourth-order valence-electron chi connectivity index (χ4n) is 2.86. The van der Waals surface area contributed by atoms with Gasteiger partial charge in [0.25, 0.3) is 5.69 Å². The molecule has 0 saturated heterocycles. The summed E-state index contributed by atoms with van der Waals surface area (Å²) in [6, 6.07) is 7.65. The second-order valence-electron chi connectivity index (χ2n) is 6.68. The molecule has 0 heterocycles. The van der Waals surface area contributed by atoms with Crippen molar-refractivity contribution in [1.29, 1.82) is 0 Å². The minimum absolute atomic E-state index is 0.104. The van der Waals surface area contributed by atoms with Crippen LogP contribution in [0.4, 0.5) is 18.9 Å². The topological polar surface area (TPSA) is 80.5 Å². The highest BCUT2D eigenvalue weighted by Gasteiger charge is 2.39. The second kappa shape index (κ2) is 7.17. The average molecular weight is 414 g/mol. The first kappa shape index (κ1) is 20.3. The summed E-state index contributed by atoms with van der Waals surface area (Å²) >= 11 is 0. The molecule has 2 aromatic carbocycles. The van der Waals surface area contributed by atoms with E-state index in [0.29, 0.717) is 24.0 Å². The molecule has 0 aromatic heterocycles. The molecule has 2 aromatic rings. The first-order chi connectivity index (χ1) is 13.0. The first-order valence-electron chi connectivity index (χ1n) is 8.43. The fourth-order valence-corrected chi connectivity index (χ4v) is 4.78. The van der Waals surface area contributed by atoms with E-state index in [0.717, 1.165) is 18.2 Å². The van der Waals surface area contributed by atoms with E-state index in [-0.39, 0.29) is 23.2 Å². The van der Waals surface area contributed by atoms with Crippen LogP contribution in [0.3, 0.4) is 0 Å². The van der Waals surface area contributed by atoms with E-state index in [4.69, 9.17) is 0 Å². The maximum atomic E-state index is 13.2. The molecule has 0 unspecified atom stereocenters. The smallest absolute Gasteiger partial charge is 0.258 e. The molecule has 1 saturated carbocycles. The van der Waals surface area contributed by atoms with Crippen molar-refractivity contribution < 1.29 is 26.5 Å². The number of halogens is 3. The minimum Gasteiger partial charge on any atom is -0.258 e. The van der Waals surface area contributed by atoms with Crippen LogP contribution < -0.4 is 0 Å². The standard InChI is InChI=1S/C18H17F3N2O4S/c1-12-2-7-16(23(24)25)10-17(12)28(26,27)22(15-8-9-15)11-13-3-5-14(6-4-13)18(19,20)21/h2-7,10,15H,8-9,11H2,1H3. The van der Waals surface area contributed by atoms with Gasteiger partial charge in [0, 0.05) is 24.7 Å². The molecule has 1 aliphatic carbocycles. The Hall–Kier alpha value is -2.46. The monoisotopic (exact) mass is 414 g/mol. The highest BCUT2D eigenvalue weighted by Crippen LogP contribution is 2.36. The number of nitro groups is 1. The summed E-state index contributed by atoms with van der Waals surface area (Å²) in [4.78, 5) is 10.2.